The Kier molecular flexibility index (Phi) is 4.15. The maximum absolute atomic E-state index is 4.68. The molecule has 0 saturated heterocycles. The van der Waals surface area contributed by atoms with Crippen LogP contribution in [0.1, 0.15) is 25.2 Å². The number of hydrogen-bond donors (Lipinski definition) is 1. The minimum absolute atomic E-state index is 0.603. The lowest BCUT2D eigenvalue weighted by Gasteiger charge is -2.09. The highest BCUT2D eigenvalue weighted by Gasteiger charge is 2.07. The summed E-state index contributed by atoms with van der Waals surface area (Å²) in [5.41, 5.74) is 4.27. The van der Waals surface area contributed by atoms with E-state index in [2.05, 4.69) is 47.3 Å². The summed E-state index contributed by atoms with van der Waals surface area (Å²) in [6.45, 7) is 6.44. The number of aryl methyl sites for hydroxylation is 1. The van der Waals surface area contributed by atoms with Gasteiger partial charge in [0.15, 0.2) is 5.82 Å². The second-order valence-electron chi connectivity index (χ2n) is 5.25. The Hall–Kier alpha value is -1.90. The van der Waals surface area contributed by atoms with Crippen molar-refractivity contribution in [3.8, 4) is 11.4 Å². The van der Waals surface area contributed by atoms with E-state index in [-0.39, 0.29) is 0 Å². The quantitative estimate of drug-likeness (QED) is 0.905. The van der Waals surface area contributed by atoms with Gasteiger partial charge in [-0.15, -0.1) is 0 Å². The molecule has 0 fully saturated rings. The van der Waals surface area contributed by atoms with Crippen LogP contribution in [0.25, 0.3) is 11.4 Å². The highest BCUT2D eigenvalue weighted by Crippen LogP contribution is 2.20. The van der Waals surface area contributed by atoms with Crippen molar-refractivity contribution in [3.63, 3.8) is 0 Å². The molecule has 3 heteroatoms. The van der Waals surface area contributed by atoms with E-state index in [4.69, 9.17) is 0 Å². The van der Waals surface area contributed by atoms with Crippen LogP contribution in [0.3, 0.4) is 0 Å². The van der Waals surface area contributed by atoms with Crippen molar-refractivity contribution in [2.45, 2.75) is 27.2 Å². The minimum Gasteiger partial charge on any atom is -0.388 e. The number of anilines is 1. The summed E-state index contributed by atoms with van der Waals surface area (Å²) in [5.74, 6) is 1.42. The fourth-order valence-electron chi connectivity index (χ4n) is 2.10. The first-order chi connectivity index (χ1) is 9.08. The van der Waals surface area contributed by atoms with Crippen molar-refractivity contribution in [2.24, 2.45) is 5.92 Å². The molecule has 0 aliphatic rings. The Morgan fingerprint density at radius 3 is 2.63 bits per heavy atom. The average molecular weight is 255 g/mol. The molecule has 0 saturated carbocycles. The van der Waals surface area contributed by atoms with Gasteiger partial charge in [-0.1, -0.05) is 26.0 Å². The summed E-state index contributed by atoms with van der Waals surface area (Å²) < 4.78 is 0. The number of aromatic nitrogens is 2. The van der Waals surface area contributed by atoms with Gasteiger partial charge < -0.3 is 5.32 Å². The molecule has 19 heavy (non-hydrogen) atoms. The largest absolute Gasteiger partial charge is 0.388 e. The van der Waals surface area contributed by atoms with Crippen molar-refractivity contribution >= 4 is 5.69 Å². The smallest absolute Gasteiger partial charge is 0.159 e. The first-order valence-electron chi connectivity index (χ1n) is 6.71. The van der Waals surface area contributed by atoms with Gasteiger partial charge >= 0.3 is 0 Å². The molecule has 0 amide bonds. The fraction of sp³-hybridized carbons (Fsp3) is 0.375. The molecule has 0 atom stereocenters. The summed E-state index contributed by atoms with van der Waals surface area (Å²) in [7, 11) is 1.92. The molecule has 1 N–H and O–H groups in total. The van der Waals surface area contributed by atoms with E-state index in [1.165, 1.54) is 0 Å². The monoisotopic (exact) mass is 255 g/mol. The van der Waals surface area contributed by atoms with Gasteiger partial charge in [-0.2, -0.15) is 0 Å². The Morgan fingerprint density at radius 1 is 1.16 bits per heavy atom. The number of rotatable bonds is 4. The van der Waals surface area contributed by atoms with Crippen molar-refractivity contribution in [1.82, 2.24) is 9.97 Å². The highest BCUT2D eigenvalue weighted by molar-refractivity contribution is 5.62. The highest BCUT2D eigenvalue weighted by atomic mass is 14.9. The second-order valence-corrected chi connectivity index (χ2v) is 5.25. The molecule has 1 aromatic heterocycles. The number of nitrogens with one attached hydrogen (secondary N) is 1. The fourth-order valence-corrected chi connectivity index (χ4v) is 2.10. The van der Waals surface area contributed by atoms with E-state index in [9.17, 15) is 0 Å². The molecule has 0 bridgehead atoms. The predicted molar refractivity (Wildman–Crippen MR) is 80.3 cm³/mol. The van der Waals surface area contributed by atoms with Crippen LogP contribution in [-0.2, 0) is 6.42 Å². The summed E-state index contributed by atoms with van der Waals surface area (Å²) in [6, 6.07) is 10.3. The third-order valence-corrected chi connectivity index (χ3v) is 2.93. The molecule has 0 aliphatic heterocycles. The van der Waals surface area contributed by atoms with E-state index in [1.807, 2.05) is 26.1 Å². The lowest BCUT2D eigenvalue weighted by atomic mass is 10.1. The van der Waals surface area contributed by atoms with Gasteiger partial charge in [0.1, 0.15) is 0 Å². The third kappa shape index (κ3) is 3.53. The Bertz CT molecular complexity index is 562. The molecule has 2 rings (SSSR count). The molecular weight excluding hydrogens is 234 g/mol. The summed E-state index contributed by atoms with van der Waals surface area (Å²) in [6.07, 6.45) is 0.988. The van der Waals surface area contributed by atoms with Gasteiger partial charge in [-0.25, -0.2) is 9.97 Å². The molecule has 1 aromatic carbocycles. The van der Waals surface area contributed by atoms with E-state index in [0.717, 1.165) is 34.9 Å². The van der Waals surface area contributed by atoms with Crippen molar-refractivity contribution in [2.75, 3.05) is 12.4 Å². The Balaban J connectivity index is 2.40. The van der Waals surface area contributed by atoms with Crippen molar-refractivity contribution in [3.05, 3.63) is 41.7 Å². The minimum atomic E-state index is 0.603. The van der Waals surface area contributed by atoms with Gasteiger partial charge in [0.25, 0.3) is 0 Å². The molecular formula is C16H21N3. The zero-order chi connectivity index (χ0) is 13.8. The second kappa shape index (κ2) is 5.83. The van der Waals surface area contributed by atoms with Crippen LogP contribution in [-0.4, -0.2) is 17.0 Å². The topological polar surface area (TPSA) is 37.8 Å². The maximum Gasteiger partial charge on any atom is 0.159 e. The Labute approximate surface area is 115 Å². The summed E-state index contributed by atoms with van der Waals surface area (Å²) in [5, 5.41) is 3.14. The lowest BCUT2D eigenvalue weighted by Crippen LogP contribution is -2.02. The van der Waals surface area contributed by atoms with E-state index >= 15 is 0 Å². The van der Waals surface area contributed by atoms with Gasteiger partial charge in [0.2, 0.25) is 0 Å². The van der Waals surface area contributed by atoms with Crippen LogP contribution in [0.4, 0.5) is 5.69 Å². The van der Waals surface area contributed by atoms with E-state index < -0.39 is 0 Å². The molecule has 0 unspecified atom stereocenters. The predicted octanol–water partition coefficient (Wildman–Crippen LogP) is 3.69. The molecule has 0 aliphatic carbocycles. The first-order valence-corrected chi connectivity index (χ1v) is 6.71. The Morgan fingerprint density at radius 2 is 1.95 bits per heavy atom. The molecule has 0 spiro atoms. The third-order valence-electron chi connectivity index (χ3n) is 2.93. The van der Waals surface area contributed by atoms with Crippen LogP contribution >= 0.6 is 0 Å². The van der Waals surface area contributed by atoms with Gasteiger partial charge in [-0.3, -0.25) is 0 Å². The van der Waals surface area contributed by atoms with Gasteiger partial charge in [0, 0.05) is 29.7 Å². The maximum atomic E-state index is 4.68. The summed E-state index contributed by atoms with van der Waals surface area (Å²) in [4.78, 5) is 9.23. The van der Waals surface area contributed by atoms with Crippen molar-refractivity contribution < 1.29 is 0 Å². The number of benzene rings is 1. The van der Waals surface area contributed by atoms with Crippen LogP contribution in [0.5, 0.6) is 0 Å². The summed E-state index contributed by atoms with van der Waals surface area (Å²) >= 11 is 0. The van der Waals surface area contributed by atoms with Crippen molar-refractivity contribution in [1.29, 1.82) is 0 Å². The standard InChI is InChI=1S/C16H21N3/c1-11(2)8-15-9-12(3)18-16(19-15)13-6-5-7-14(10-13)17-4/h5-7,9-11,17H,8H2,1-4H3. The van der Waals surface area contributed by atoms with Crippen LogP contribution in [0, 0.1) is 12.8 Å². The molecule has 100 valence electrons. The van der Waals surface area contributed by atoms with Gasteiger partial charge in [-0.05, 0) is 37.5 Å². The zero-order valence-corrected chi connectivity index (χ0v) is 12.1. The molecule has 2 aromatic rings. The van der Waals surface area contributed by atoms with Crippen LogP contribution in [0.2, 0.25) is 0 Å². The van der Waals surface area contributed by atoms with Crippen LogP contribution in [0.15, 0.2) is 30.3 Å². The van der Waals surface area contributed by atoms with E-state index in [1.54, 1.807) is 0 Å². The lowest BCUT2D eigenvalue weighted by molar-refractivity contribution is 0.634. The molecule has 0 radical (unpaired) electrons. The first kappa shape index (κ1) is 13.5. The average Bonchev–Trinajstić information content (AvgIpc) is 2.37. The zero-order valence-electron chi connectivity index (χ0n) is 12.1. The van der Waals surface area contributed by atoms with Crippen LogP contribution < -0.4 is 5.32 Å². The molecule has 3 nitrogen and oxygen atoms in total. The number of hydrogen-bond acceptors (Lipinski definition) is 3. The number of nitrogens with zero attached hydrogens (tertiary/aromatic N) is 2. The SMILES string of the molecule is CNc1cccc(-c2nc(C)cc(CC(C)C)n2)c1. The normalized spacial score (nSPS) is 10.8. The van der Waals surface area contributed by atoms with Gasteiger partial charge in [0.05, 0.1) is 0 Å². The van der Waals surface area contributed by atoms with E-state index in [0.29, 0.717) is 5.92 Å². The molecule has 1 heterocycles.